The van der Waals surface area contributed by atoms with E-state index in [1.807, 2.05) is 0 Å². The number of rotatable bonds is 7. The highest BCUT2D eigenvalue weighted by molar-refractivity contribution is 8.00. The van der Waals surface area contributed by atoms with Crippen molar-refractivity contribution >= 4 is 23.4 Å². The Morgan fingerprint density at radius 3 is 2.41 bits per heavy atom. The predicted molar refractivity (Wildman–Crippen MR) is 110 cm³/mol. The zero-order chi connectivity index (χ0) is 21.0. The standard InChI is InChI=1S/C20H21FN4O3S/c1-12(19(26)22-13-9-14(27-3)11-15(10-13)28-4)29-20-24-23-18(25(20)2)16-7-5-6-8-17(16)21/h5-12H,1-4H3,(H,22,26). The Kier molecular flexibility index (Phi) is 6.38. The van der Waals surface area contributed by atoms with Crippen LogP contribution in [0.1, 0.15) is 6.92 Å². The highest BCUT2D eigenvalue weighted by Gasteiger charge is 2.21. The summed E-state index contributed by atoms with van der Waals surface area (Å²) in [5, 5.41) is 11.1. The average Bonchev–Trinajstić information content (AvgIpc) is 3.08. The molecular weight excluding hydrogens is 395 g/mol. The van der Waals surface area contributed by atoms with Crippen LogP contribution in [-0.4, -0.2) is 40.1 Å². The first-order valence-electron chi connectivity index (χ1n) is 8.77. The lowest BCUT2D eigenvalue weighted by Crippen LogP contribution is -2.22. The largest absolute Gasteiger partial charge is 0.497 e. The molecule has 1 N–H and O–H groups in total. The first-order chi connectivity index (χ1) is 13.9. The van der Waals surface area contributed by atoms with Crippen LogP contribution in [0.2, 0.25) is 0 Å². The van der Waals surface area contributed by atoms with Crippen LogP contribution in [0, 0.1) is 5.82 Å². The molecule has 29 heavy (non-hydrogen) atoms. The van der Waals surface area contributed by atoms with E-state index < -0.39 is 5.25 Å². The topological polar surface area (TPSA) is 78.3 Å². The Morgan fingerprint density at radius 1 is 1.14 bits per heavy atom. The lowest BCUT2D eigenvalue weighted by atomic mass is 10.2. The van der Waals surface area contributed by atoms with Crippen LogP contribution in [0.25, 0.3) is 11.4 Å². The van der Waals surface area contributed by atoms with Crippen LogP contribution < -0.4 is 14.8 Å². The maximum absolute atomic E-state index is 14.0. The molecule has 2 aromatic carbocycles. The van der Waals surface area contributed by atoms with E-state index in [4.69, 9.17) is 9.47 Å². The van der Waals surface area contributed by atoms with Crippen LogP contribution in [0.15, 0.2) is 47.6 Å². The van der Waals surface area contributed by atoms with Crippen LogP contribution in [0.3, 0.4) is 0 Å². The Labute approximate surface area is 172 Å². The fourth-order valence-electron chi connectivity index (χ4n) is 2.63. The van der Waals surface area contributed by atoms with E-state index in [-0.39, 0.29) is 11.7 Å². The van der Waals surface area contributed by atoms with Crippen molar-refractivity contribution in [1.82, 2.24) is 14.8 Å². The van der Waals surface area contributed by atoms with Gasteiger partial charge >= 0.3 is 0 Å². The van der Waals surface area contributed by atoms with Crippen LogP contribution in [0.4, 0.5) is 10.1 Å². The van der Waals surface area contributed by atoms with Gasteiger partial charge in [0.05, 0.1) is 25.0 Å². The fraction of sp³-hybridized carbons (Fsp3) is 0.250. The van der Waals surface area contributed by atoms with Crippen molar-refractivity contribution < 1.29 is 18.7 Å². The summed E-state index contributed by atoms with van der Waals surface area (Å²) in [7, 11) is 4.82. The number of ether oxygens (including phenoxy) is 2. The molecule has 1 amide bonds. The lowest BCUT2D eigenvalue weighted by Gasteiger charge is -2.13. The van der Waals surface area contributed by atoms with E-state index in [2.05, 4.69) is 15.5 Å². The smallest absolute Gasteiger partial charge is 0.237 e. The molecule has 0 bridgehead atoms. The van der Waals surface area contributed by atoms with Gasteiger partial charge in [0, 0.05) is 30.9 Å². The molecule has 0 aliphatic heterocycles. The number of anilines is 1. The summed E-state index contributed by atoms with van der Waals surface area (Å²) < 4.78 is 26.1. The summed E-state index contributed by atoms with van der Waals surface area (Å²) in [6, 6.07) is 11.5. The Morgan fingerprint density at radius 2 is 1.79 bits per heavy atom. The molecule has 1 aromatic heterocycles. The summed E-state index contributed by atoms with van der Waals surface area (Å²) in [6.07, 6.45) is 0. The second kappa shape index (κ2) is 8.95. The van der Waals surface area contributed by atoms with Gasteiger partial charge in [-0.1, -0.05) is 23.9 Å². The van der Waals surface area contributed by atoms with Gasteiger partial charge in [-0.05, 0) is 19.1 Å². The number of benzene rings is 2. The third-order valence-electron chi connectivity index (χ3n) is 4.22. The number of aromatic nitrogens is 3. The van der Waals surface area contributed by atoms with Crippen molar-refractivity contribution in [1.29, 1.82) is 0 Å². The molecule has 152 valence electrons. The molecule has 9 heteroatoms. The van der Waals surface area contributed by atoms with E-state index in [0.29, 0.717) is 33.7 Å². The number of nitrogens with zero attached hydrogens (tertiary/aromatic N) is 3. The molecule has 1 heterocycles. The van der Waals surface area contributed by atoms with Crippen LogP contribution in [0.5, 0.6) is 11.5 Å². The Hall–Kier alpha value is -3.07. The zero-order valence-electron chi connectivity index (χ0n) is 16.5. The molecule has 0 aliphatic carbocycles. The second-order valence-corrected chi connectivity index (χ2v) is 7.50. The number of methoxy groups -OCH3 is 2. The fourth-order valence-corrected chi connectivity index (χ4v) is 3.44. The van der Waals surface area contributed by atoms with E-state index in [1.54, 1.807) is 69.2 Å². The Bertz CT molecular complexity index is 1000. The number of nitrogens with one attached hydrogen (secondary N) is 1. The maximum atomic E-state index is 14.0. The minimum absolute atomic E-state index is 0.222. The Balaban J connectivity index is 1.73. The molecule has 0 fully saturated rings. The summed E-state index contributed by atoms with van der Waals surface area (Å²) in [5.74, 6) is 0.944. The third kappa shape index (κ3) is 4.68. The average molecular weight is 416 g/mol. The number of halogens is 1. The van der Waals surface area contributed by atoms with Gasteiger partial charge in [-0.15, -0.1) is 10.2 Å². The zero-order valence-corrected chi connectivity index (χ0v) is 17.3. The summed E-state index contributed by atoms with van der Waals surface area (Å²) in [5.41, 5.74) is 0.915. The first-order valence-corrected chi connectivity index (χ1v) is 9.65. The van der Waals surface area contributed by atoms with Gasteiger partial charge in [-0.3, -0.25) is 4.79 Å². The van der Waals surface area contributed by atoms with E-state index in [0.717, 1.165) is 0 Å². The SMILES string of the molecule is COc1cc(NC(=O)C(C)Sc2nnc(-c3ccccc3F)n2C)cc(OC)c1. The molecule has 0 spiro atoms. The monoisotopic (exact) mass is 416 g/mol. The molecule has 7 nitrogen and oxygen atoms in total. The number of carbonyl (C=O) groups excluding carboxylic acids is 1. The number of hydrogen-bond donors (Lipinski definition) is 1. The maximum Gasteiger partial charge on any atom is 0.237 e. The molecule has 3 aromatic rings. The molecule has 3 rings (SSSR count). The molecule has 0 radical (unpaired) electrons. The molecule has 1 atom stereocenters. The molecule has 0 saturated heterocycles. The number of hydrogen-bond acceptors (Lipinski definition) is 6. The highest BCUT2D eigenvalue weighted by atomic mass is 32.2. The normalized spacial score (nSPS) is 11.8. The minimum atomic E-state index is -0.469. The van der Waals surface area contributed by atoms with Crippen LogP contribution in [-0.2, 0) is 11.8 Å². The van der Waals surface area contributed by atoms with Gasteiger partial charge in [0.25, 0.3) is 0 Å². The lowest BCUT2D eigenvalue weighted by molar-refractivity contribution is -0.115. The predicted octanol–water partition coefficient (Wildman–Crippen LogP) is 3.76. The van der Waals surface area contributed by atoms with Gasteiger partial charge in [0.15, 0.2) is 11.0 Å². The van der Waals surface area contributed by atoms with Gasteiger partial charge in [-0.25, -0.2) is 4.39 Å². The van der Waals surface area contributed by atoms with Crippen LogP contribution >= 0.6 is 11.8 Å². The summed E-state index contributed by atoms with van der Waals surface area (Å²) in [4.78, 5) is 12.6. The van der Waals surface area contributed by atoms with E-state index in [1.165, 1.54) is 17.8 Å². The van der Waals surface area contributed by atoms with E-state index in [9.17, 15) is 9.18 Å². The molecule has 0 saturated carbocycles. The van der Waals surface area contributed by atoms with Gasteiger partial charge in [0.2, 0.25) is 5.91 Å². The molecular formula is C20H21FN4O3S. The molecule has 0 aliphatic rings. The van der Waals surface area contributed by atoms with Gasteiger partial charge in [0.1, 0.15) is 17.3 Å². The first kappa shape index (κ1) is 20.7. The number of thioether (sulfide) groups is 1. The quantitative estimate of drug-likeness (QED) is 0.591. The van der Waals surface area contributed by atoms with Crippen molar-refractivity contribution in [3.05, 3.63) is 48.3 Å². The van der Waals surface area contributed by atoms with E-state index >= 15 is 0 Å². The van der Waals surface area contributed by atoms with Gasteiger partial charge < -0.3 is 19.4 Å². The highest BCUT2D eigenvalue weighted by Crippen LogP contribution is 2.29. The van der Waals surface area contributed by atoms with Crippen molar-refractivity contribution in [3.8, 4) is 22.9 Å². The third-order valence-corrected chi connectivity index (χ3v) is 5.35. The second-order valence-electron chi connectivity index (χ2n) is 6.20. The van der Waals surface area contributed by atoms with Gasteiger partial charge in [-0.2, -0.15) is 0 Å². The van der Waals surface area contributed by atoms with Crippen molar-refractivity contribution in [3.63, 3.8) is 0 Å². The number of carbonyl (C=O) groups is 1. The summed E-state index contributed by atoms with van der Waals surface area (Å²) in [6.45, 7) is 1.76. The van der Waals surface area contributed by atoms with Crippen molar-refractivity contribution in [2.75, 3.05) is 19.5 Å². The van der Waals surface area contributed by atoms with Crippen molar-refractivity contribution in [2.45, 2.75) is 17.3 Å². The van der Waals surface area contributed by atoms with Crippen molar-refractivity contribution in [2.24, 2.45) is 7.05 Å². The number of amides is 1. The summed E-state index contributed by atoms with van der Waals surface area (Å²) >= 11 is 1.23. The molecule has 1 unspecified atom stereocenters. The minimum Gasteiger partial charge on any atom is -0.497 e.